The predicted molar refractivity (Wildman–Crippen MR) is 44.0 cm³/mol. The van der Waals surface area contributed by atoms with E-state index >= 15 is 0 Å². The van der Waals surface area contributed by atoms with Gasteiger partial charge in [-0.1, -0.05) is 0 Å². The second-order valence-corrected chi connectivity index (χ2v) is 2.79. The Balaban J connectivity index is 3.18. The lowest BCUT2D eigenvalue weighted by atomic mass is 10.3. The lowest BCUT2D eigenvalue weighted by molar-refractivity contribution is -0.385. The van der Waals surface area contributed by atoms with Crippen molar-refractivity contribution >= 4 is 27.9 Å². The highest BCUT2D eigenvalue weighted by Crippen LogP contribution is 2.18. The van der Waals surface area contributed by atoms with Crippen molar-refractivity contribution in [2.45, 2.75) is 0 Å². The molecule has 0 bridgehead atoms. The van der Waals surface area contributed by atoms with E-state index in [0.717, 1.165) is 6.20 Å². The van der Waals surface area contributed by atoms with Gasteiger partial charge in [0.2, 0.25) is 0 Å². The van der Waals surface area contributed by atoms with Crippen LogP contribution in [0, 0.1) is 10.1 Å². The summed E-state index contributed by atoms with van der Waals surface area (Å²) in [7, 11) is 0. The van der Waals surface area contributed by atoms with Crippen molar-refractivity contribution in [2.75, 3.05) is 0 Å². The van der Waals surface area contributed by atoms with E-state index in [4.69, 9.17) is 0 Å². The molecule has 1 aromatic heterocycles. The minimum atomic E-state index is -0.577. The Kier molecular flexibility index (Phi) is 2.49. The third kappa shape index (κ3) is 1.65. The lowest BCUT2D eigenvalue weighted by Gasteiger charge is -1.93. The molecular weight excluding hydrogens is 228 g/mol. The first kappa shape index (κ1) is 8.79. The molecule has 0 aliphatic carbocycles. The minimum Gasteiger partial charge on any atom is -0.296 e. The number of nitrogens with zero attached hydrogens (tertiary/aromatic N) is 2. The molecule has 1 heterocycles. The van der Waals surface area contributed by atoms with E-state index in [9.17, 15) is 14.9 Å². The van der Waals surface area contributed by atoms with E-state index in [1.165, 1.54) is 6.07 Å². The molecule has 12 heavy (non-hydrogen) atoms. The molecular formula is C6H3BrN2O3. The highest BCUT2D eigenvalue weighted by atomic mass is 79.9. The van der Waals surface area contributed by atoms with Crippen molar-refractivity contribution in [3.05, 3.63) is 32.5 Å². The molecule has 0 radical (unpaired) electrons. The van der Waals surface area contributed by atoms with Crippen molar-refractivity contribution in [3.8, 4) is 0 Å². The average molecular weight is 231 g/mol. The Morgan fingerprint density at radius 2 is 2.33 bits per heavy atom. The first-order chi connectivity index (χ1) is 5.65. The Hall–Kier alpha value is -1.30. The number of hydrogen-bond acceptors (Lipinski definition) is 4. The van der Waals surface area contributed by atoms with Crippen LogP contribution in [0.25, 0.3) is 0 Å². The number of halogens is 1. The molecule has 62 valence electrons. The van der Waals surface area contributed by atoms with Gasteiger partial charge in [0.1, 0.15) is 11.9 Å². The molecule has 0 unspecified atom stereocenters. The molecule has 0 saturated carbocycles. The third-order valence-corrected chi connectivity index (χ3v) is 1.81. The summed E-state index contributed by atoms with van der Waals surface area (Å²) in [5, 5.41) is 10.2. The van der Waals surface area contributed by atoms with Crippen LogP contribution in [0.15, 0.2) is 16.7 Å². The molecule has 0 aromatic carbocycles. The fraction of sp³-hybridized carbons (Fsp3) is 0. The number of hydrogen-bond donors (Lipinski definition) is 0. The maximum absolute atomic E-state index is 10.2. The van der Waals surface area contributed by atoms with E-state index in [1.807, 2.05) is 0 Å². The van der Waals surface area contributed by atoms with E-state index in [0.29, 0.717) is 10.8 Å². The standard InChI is InChI=1S/C6H3BrN2O3/c7-5-1-4(9(11)12)2-8-6(5)3-10/h1-3H. The second-order valence-electron chi connectivity index (χ2n) is 1.94. The van der Waals surface area contributed by atoms with E-state index < -0.39 is 4.92 Å². The van der Waals surface area contributed by atoms with E-state index in [2.05, 4.69) is 20.9 Å². The fourth-order valence-electron chi connectivity index (χ4n) is 0.625. The Labute approximate surface area is 75.7 Å². The molecule has 0 saturated heterocycles. The normalized spacial score (nSPS) is 9.42. The van der Waals surface area contributed by atoms with E-state index in [1.54, 1.807) is 0 Å². The summed E-state index contributed by atoms with van der Waals surface area (Å²) in [6.07, 6.45) is 1.56. The van der Waals surface area contributed by atoms with Crippen molar-refractivity contribution in [1.82, 2.24) is 4.98 Å². The van der Waals surface area contributed by atoms with Gasteiger partial charge in [-0.3, -0.25) is 14.9 Å². The molecule has 0 atom stereocenters. The zero-order chi connectivity index (χ0) is 9.14. The van der Waals surface area contributed by atoms with Gasteiger partial charge in [0.25, 0.3) is 5.69 Å². The maximum Gasteiger partial charge on any atom is 0.288 e. The second kappa shape index (κ2) is 3.40. The van der Waals surface area contributed by atoms with Gasteiger partial charge in [0.15, 0.2) is 6.29 Å². The largest absolute Gasteiger partial charge is 0.296 e. The van der Waals surface area contributed by atoms with Crippen molar-refractivity contribution < 1.29 is 9.72 Å². The van der Waals surface area contributed by atoms with Crippen molar-refractivity contribution in [2.24, 2.45) is 0 Å². The number of pyridine rings is 1. The van der Waals surface area contributed by atoms with Crippen LogP contribution >= 0.6 is 15.9 Å². The molecule has 0 spiro atoms. The first-order valence-electron chi connectivity index (χ1n) is 2.90. The van der Waals surface area contributed by atoms with Crippen LogP contribution in [-0.4, -0.2) is 16.2 Å². The van der Waals surface area contributed by atoms with Crippen LogP contribution < -0.4 is 0 Å². The van der Waals surface area contributed by atoms with Gasteiger partial charge in [-0.2, -0.15) is 0 Å². The number of aromatic nitrogens is 1. The summed E-state index contributed by atoms with van der Waals surface area (Å²) < 4.78 is 0.326. The number of rotatable bonds is 2. The molecule has 1 rings (SSSR count). The zero-order valence-corrected chi connectivity index (χ0v) is 7.32. The topological polar surface area (TPSA) is 73.1 Å². The predicted octanol–water partition coefficient (Wildman–Crippen LogP) is 1.56. The quantitative estimate of drug-likeness (QED) is 0.439. The van der Waals surface area contributed by atoms with E-state index in [-0.39, 0.29) is 11.4 Å². The number of carbonyl (C=O) groups excluding carboxylic acids is 1. The number of carbonyl (C=O) groups is 1. The lowest BCUT2D eigenvalue weighted by Crippen LogP contribution is -1.93. The van der Waals surface area contributed by atoms with Gasteiger partial charge in [-0.25, -0.2) is 4.98 Å². The molecule has 0 amide bonds. The fourth-order valence-corrected chi connectivity index (χ4v) is 1.06. The summed E-state index contributed by atoms with van der Waals surface area (Å²) in [4.78, 5) is 23.4. The minimum absolute atomic E-state index is 0.146. The molecule has 0 N–H and O–H groups in total. The van der Waals surface area contributed by atoms with Crippen LogP contribution in [0.3, 0.4) is 0 Å². The summed E-state index contributed by atoms with van der Waals surface area (Å²) >= 11 is 2.98. The Morgan fingerprint density at radius 3 is 2.75 bits per heavy atom. The average Bonchev–Trinajstić information content (AvgIpc) is 2.04. The zero-order valence-electron chi connectivity index (χ0n) is 5.73. The monoisotopic (exact) mass is 230 g/mol. The molecule has 5 nitrogen and oxygen atoms in total. The van der Waals surface area contributed by atoms with Crippen LogP contribution in [0.1, 0.15) is 10.5 Å². The van der Waals surface area contributed by atoms with Gasteiger partial charge >= 0.3 is 0 Å². The van der Waals surface area contributed by atoms with Crippen LogP contribution in [0.5, 0.6) is 0 Å². The van der Waals surface area contributed by atoms with Crippen molar-refractivity contribution in [1.29, 1.82) is 0 Å². The molecule has 0 aliphatic heterocycles. The number of nitro groups is 1. The SMILES string of the molecule is O=Cc1ncc([N+](=O)[O-])cc1Br. The summed E-state index contributed by atoms with van der Waals surface area (Å²) in [5.74, 6) is 0. The highest BCUT2D eigenvalue weighted by Gasteiger charge is 2.09. The first-order valence-corrected chi connectivity index (χ1v) is 3.69. The van der Waals surface area contributed by atoms with Crippen LogP contribution in [0.4, 0.5) is 5.69 Å². The molecule has 0 fully saturated rings. The van der Waals surface area contributed by atoms with Gasteiger partial charge in [-0.15, -0.1) is 0 Å². The van der Waals surface area contributed by atoms with Gasteiger partial charge in [0, 0.05) is 6.07 Å². The molecule has 0 aliphatic rings. The van der Waals surface area contributed by atoms with Gasteiger partial charge in [-0.05, 0) is 15.9 Å². The Bertz CT molecular complexity index is 340. The van der Waals surface area contributed by atoms with Crippen LogP contribution in [0.2, 0.25) is 0 Å². The summed E-state index contributed by atoms with van der Waals surface area (Å²) in [5.41, 5.74) is 0.00748. The van der Waals surface area contributed by atoms with Gasteiger partial charge < -0.3 is 0 Å². The highest BCUT2D eigenvalue weighted by molar-refractivity contribution is 9.10. The molecule has 6 heteroatoms. The Morgan fingerprint density at radius 1 is 1.67 bits per heavy atom. The van der Waals surface area contributed by atoms with Crippen LogP contribution in [-0.2, 0) is 0 Å². The van der Waals surface area contributed by atoms with Crippen molar-refractivity contribution in [3.63, 3.8) is 0 Å². The van der Waals surface area contributed by atoms with Gasteiger partial charge in [0.05, 0.1) is 9.40 Å². The summed E-state index contributed by atoms with van der Waals surface area (Å²) in [6, 6.07) is 1.23. The molecule has 1 aromatic rings. The summed E-state index contributed by atoms with van der Waals surface area (Å²) in [6.45, 7) is 0. The smallest absolute Gasteiger partial charge is 0.288 e. The maximum atomic E-state index is 10.2. The number of aldehydes is 1. The third-order valence-electron chi connectivity index (χ3n) is 1.18.